The van der Waals surface area contributed by atoms with Crippen LogP contribution in [0.2, 0.25) is 0 Å². The number of likely N-dealkylation sites (N-methyl/N-ethyl adjacent to an activating group) is 1. The van der Waals surface area contributed by atoms with E-state index in [1.54, 1.807) is 16.5 Å². The van der Waals surface area contributed by atoms with Crippen LogP contribution in [-0.2, 0) is 0 Å². The molecule has 4 rings (SSSR count). The van der Waals surface area contributed by atoms with Crippen LogP contribution in [0.25, 0.3) is 0 Å². The van der Waals surface area contributed by atoms with E-state index in [2.05, 4.69) is 37.8 Å². The predicted octanol–water partition coefficient (Wildman–Crippen LogP) is 3.11. The minimum atomic E-state index is -1.24. The van der Waals surface area contributed by atoms with Gasteiger partial charge < -0.3 is 20.2 Å². The van der Waals surface area contributed by atoms with E-state index in [0.29, 0.717) is 11.7 Å². The van der Waals surface area contributed by atoms with Gasteiger partial charge in [-0.25, -0.2) is 23.9 Å². The van der Waals surface area contributed by atoms with E-state index in [-0.39, 0.29) is 24.7 Å². The van der Waals surface area contributed by atoms with E-state index in [9.17, 15) is 14.0 Å². The summed E-state index contributed by atoms with van der Waals surface area (Å²) < 4.78 is 14.5. The molecule has 0 aliphatic carbocycles. The number of nitrogens with zero attached hydrogens (tertiary/aromatic N) is 5. The highest BCUT2D eigenvalue weighted by Gasteiger charge is 2.35. The van der Waals surface area contributed by atoms with Crippen molar-refractivity contribution in [3.63, 3.8) is 0 Å². The Morgan fingerprint density at radius 2 is 2.12 bits per heavy atom. The Kier molecular flexibility index (Phi) is 9.33. The maximum atomic E-state index is 14.5. The van der Waals surface area contributed by atoms with Crippen LogP contribution in [0.1, 0.15) is 26.2 Å². The summed E-state index contributed by atoms with van der Waals surface area (Å²) >= 11 is 1.27. The summed E-state index contributed by atoms with van der Waals surface area (Å²) in [5.41, 5.74) is 0. The van der Waals surface area contributed by atoms with Crippen LogP contribution in [0.5, 0.6) is 0 Å². The molecule has 4 heterocycles. The number of carbonyl (C=O) groups excluding carboxylic acids is 1. The highest BCUT2D eigenvalue weighted by molar-refractivity contribution is 7.13. The van der Waals surface area contributed by atoms with Gasteiger partial charge in [-0.05, 0) is 44.3 Å². The first-order valence-electron chi connectivity index (χ1n) is 11.2. The van der Waals surface area contributed by atoms with Crippen molar-refractivity contribution in [1.82, 2.24) is 25.2 Å². The average molecular weight is 495 g/mol. The van der Waals surface area contributed by atoms with Crippen LogP contribution >= 0.6 is 11.3 Å². The Bertz CT molecular complexity index is 929. The molecular formula is C21H31FN8O3S. The molecule has 0 aromatic carbocycles. The molecule has 0 saturated carbocycles. The number of rotatable bonds is 4. The smallest absolute Gasteiger partial charge is 0.410 e. The first-order valence-corrected chi connectivity index (χ1v) is 12.1. The lowest BCUT2D eigenvalue weighted by molar-refractivity contribution is 0.133. The second-order valence-corrected chi connectivity index (χ2v) is 9.21. The van der Waals surface area contributed by atoms with Crippen molar-refractivity contribution in [2.45, 2.75) is 38.4 Å². The van der Waals surface area contributed by atoms with Gasteiger partial charge in [-0.2, -0.15) is 4.98 Å². The summed E-state index contributed by atoms with van der Waals surface area (Å²) in [5.74, 6) is 1.32. The van der Waals surface area contributed by atoms with Gasteiger partial charge in [0.1, 0.15) is 12.0 Å². The van der Waals surface area contributed by atoms with E-state index in [4.69, 9.17) is 5.11 Å². The number of carbonyl (C=O) groups is 2. The molecule has 3 unspecified atom stereocenters. The number of amides is 3. The van der Waals surface area contributed by atoms with Crippen LogP contribution < -0.4 is 20.9 Å². The van der Waals surface area contributed by atoms with Crippen molar-refractivity contribution >= 4 is 40.4 Å². The average Bonchev–Trinajstić information content (AvgIpc) is 3.33. The molecule has 2 fully saturated rings. The van der Waals surface area contributed by atoms with Gasteiger partial charge in [0.05, 0.1) is 6.04 Å². The summed E-state index contributed by atoms with van der Waals surface area (Å²) in [7, 11) is 1.52. The molecule has 0 radical (unpaired) electrons. The number of aromatic nitrogens is 3. The first-order chi connectivity index (χ1) is 16.3. The maximum Gasteiger partial charge on any atom is 0.410 e. The first kappa shape index (κ1) is 25.6. The molecule has 186 valence electrons. The van der Waals surface area contributed by atoms with Crippen LogP contribution in [0.3, 0.4) is 0 Å². The highest BCUT2D eigenvalue weighted by Crippen LogP contribution is 2.23. The van der Waals surface area contributed by atoms with E-state index in [1.165, 1.54) is 61.5 Å². The number of halogens is 1. The number of hydrogen-bond donors (Lipinski definition) is 4. The van der Waals surface area contributed by atoms with E-state index in [1.807, 2.05) is 0 Å². The molecular weight excluding hydrogens is 463 g/mol. The van der Waals surface area contributed by atoms with E-state index >= 15 is 0 Å². The zero-order valence-electron chi connectivity index (χ0n) is 19.3. The summed E-state index contributed by atoms with van der Waals surface area (Å²) in [6.45, 7) is 5.31. The second kappa shape index (κ2) is 12.4. The fourth-order valence-corrected chi connectivity index (χ4v) is 4.29. The van der Waals surface area contributed by atoms with Gasteiger partial charge in [-0.1, -0.05) is 6.92 Å². The van der Waals surface area contributed by atoms with Crippen molar-refractivity contribution in [3.05, 3.63) is 23.8 Å². The van der Waals surface area contributed by atoms with Crippen molar-refractivity contribution in [2.75, 3.05) is 48.8 Å². The zero-order valence-corrected chi connectivity index (χ0v) is 20.1. The second-order valence-electron chi connectivity index (χ2n) is 8.32. The van der Waals surface area contributed by atoms with Gasteiger partial charge in [-0.3, -0.25) is 10.6 Å². The van der Waals surface area contributed by atoms with Crippen molar-refractivity contribution < 1.29 is 19.1 Å². The van der Waals surface area contributed by atoms with Gasteiger partial charge in [0.25, 0.3) is 0 Å². The number of hydrogen-bond acceptors (Lipinski definition) is 8. The molecule has 2 aliphatic heterocycles. The molecule has 34 heavy (non-hydrogen) atoms. The SMILES string of the molecule is CC1CCCNC1.CN(C(=O)Nc1nccs1)C1CN(c2nccc(NC(=O)O)n2)CCC1F. The van der Waals surface area contributed by atoms with Crippen LogP contribution in [0.15, 0.2) is 23.8 Å². The Morgan fingerprint density at radius 1 is 1.29 bits per heavy atom. The summed E-state index contributed by atoms with van der Waals surface area (Å²) in [5, 5.41) is 19.1. The third-order valence-electron chi connectivity index (χ3n) is 5.67. The van der Waals surface area contributed by atoms with E-state index in [0.717, 1.165) is 5.92 Å². The minimum absolute atomic E-state index is 0.126. The number of nitrogens with one attached hydrogen (secondary N) is 3. The molecule has 2 saturated heterocycles. The standard InChI is InChI=1S/C15H18FN7O3S.C6H13N/c1-22(14(24)21-13-18-5-7-27-13)10-8-23(6-3-9(10)16)12-17-4-2-11(19-12)20-15(25)26;1-6-3-2-4-7-5-6/h2,4-5,7,9-10H,3,6,8H2,1H3,(H,25,26)(H,17,19,20)(H,18,21,24);6-7H,2-5H2,1H3. The van der Waals surface area contributed by atoms with Gasteiger partial charge >= 0.3 is 12.1 Å². The fourth-order valence-electron chi connectivity index (χ4n) is 3.77. The molecule has 0 bridgehead atoms. The van der Waals surface area contributed by atoms with Gasteiger partial charge in [-0.15, -0.1) is 11.3 Å². The summed E-state index contributed by atoms with van der Waals surface area (Å²) in [6, 6.07) is 0.255. The van der Waals surface area contributed by atoms with Crippen molar-refractivity contribution in [1.29, 1.82) is 0 Å². The topological polar surface area (TPSA) is 136 Å². The van der Waals surface area contributed by atoms with E-state index < -0.39 is 24.3 Å². The number of alkyl halides is 1. The fraction of sp³-hybridized carbons (Fsp3) is 0.571. The highest BCUT2D eigenvalue weighted by atomic mass is 32.1. The molecule has 3 atom stereocenters. The van der Waals surface area contributed by atoms with Crippen molar-refractivity contribution in [3.8, 4) is 0 Å². The lowest BCUT2D eigenvalue weighted by atomic mass is 10.0. The molecule has 2 aliphatic rings. The summed E-state index contributed by atoms with van der Waals surface area (Å²) in [4.78, 5) is 38.4. The number of urea groups is 1. The Balaban J connectivity index is 0.000000396. The van der Waals surface area contributed by atoms with Gasteiger partial charge in [0.15, 0.2) is 5.13 Å². The predicted molar refractivity (Wildman–Crippen MR) is 129 cm³/mol. The van der Waals surface area contributed by atoms with Crippen LogP contribution in [0, 0.1) is 5.92 Å². The third kappa shape index (κ3) is 7.48. The molecule has 2 aromatic rings. The monoisotopic (exact) mass is 494 g/mol. The summed E-state index contributed by atoms with van der Waals surface area (Å²) in [6.07, 6.45) is 3.54. The minimum Gasteiger partial charge on any atom is -0.465 e. The lowest BCUT2D eigenvalue weighted by Gasteiger charge is -2.39. The molecule has 13 heteroatoms. The molecule has 3 amide bonds. The molecule has 0 spiro atoms. The van der Waals surface area contributed by atoms with Gasteiger partial charge in [0.2, 0.25) is 5.95 Å². The quantitative estimate of drug-likeness (QED) is 0.509. The number of anilines is 3. The number of thiazole rings is 1. The molecule has 4 N–H and O–H groups in total. The van der Waals surface area contributed by atoms with Crippen LogP contribution in [-0.4, -0.2) is 82.5 Å². The largest absolute Gasteiger partial charge is 0.465 e. The zero-order chi connectivity index (χ0) is 24.5. The molecule has 11 nitrogen and oxygen atoms in total. The normalized spacial score (nSPS) is 22.2. The molecule has 2 aromatic heterocycles. The third-order valence-corrected chi connectivity index (χ3v) is 6.36. The number of carboxylic acid groups (broad SMARTS) is 1. The maximum absolute atomic E-state index is 14.5. The van der Waals surface area contributed by atoms with Crippen molar-refractivity contribution in [2.24, 2.45) is 5.92 Å². The van der Waals surface area contributed by atoms with Crippen LogP contribution in [0.4, 0.5) is 30.9 Å². The Hall–Kier alpha value is -3.06. The Morgan fingerprint density at radius 3 is 2.74 bits per heavy atom. The lowest BCUT2D eigenvalue weighted by Crippen LogP contribution is -2.55. The van der Waals surface area contributed by atoms with Gasteiger partial charge in [0, 0.05) is 37.9 Å². The Labute approximate surface area is 201 Å². The number of piperidine rings is 2.